The number of carbonyl (C=O) groups excluding carboxylic acids is 1. The number of rotatable bonds is 3. The van der Waals surface area contributed by atoms with Crippen molar-refractivity contribution in [1.82, 2.24) is 14.7 Å². The monoisotopic (exact) mass is 369 g/mol. The SMILES string of the molecule is O=C(O)C1COCCN1C(=O)c1ccc(-n2ccc(C(F)(F)F)n2)cc1. The van der Waals surface area contributed by atoms with Crippen LogP contribution in [0.15, 0.2) is 36.5 Å². The molecule has 2 heterocycles. The van der Waals surface area contributed by atoms with Gasteiger partial charge in [0.15, 0.2) is 11.7 Å². The highest BCUT2D eigenvalue weighted by atomic mass is 19.4. The van der Waals surface area contributed by atoms with E-state index in [4.69, 9.17) is 4.74 Å². The molecule has 10 heteroatoms. The van der Waals surface area contributed by atoms with Crippen molar-refractivity contribution in [2.45, 2.75) is 12.2 Å². The molecule has 26 heavy (non-hydrogen) atoms. The van der Waals surface area contributed by atoms with E-state index >= 15 is 0 Å². The quantitative estimate of drug-likeness (QED) is 0.892. The minimum Gasteiger partial charge on any atom is -0.480 e. The van der Waals surface area contributed by atoms with E-state index in [0.717, 1.165) is 10.7 Å². The number of halogens is 3. The van der Waals surface area contributed by atoms with E-state index in [1.165, 1.54) is 35.4 Å². The Morgan fingerprint density at radius 2 is 1.88 bits per heavy atom. The highest BCUT2D eigenvalue weighted by molar-refractivity contribution is 5.97. The van der Waals surface area contributed by atoms with Crippen molar-refractivity contribution in [3.63, 3.8) is 0 Å². The van der Waals surface area contributed by atoms with Gasteiger partial charge in [0.1, 0.15) is 0 Å². The van der Waals surface area contributed by atoms with Crippen LogP contribution in [0.4, 0.5) is 13.2 Å². The first-order valence-electron chi connectivity index (χ1n) is 7.62. The van der Waals surface area contributed by atoms with Gasteiger partial charge in [-0.05, 0) is 30.3 Å². The van der Waals surface area contributed by atoms with E-state index in [9.17, 15) is 27.9 Å². The van der Waals surface area contributed by atoms with Crippen LogP contribution in [0.25, 0.3) is 5.69 Å². The third-order valence-electron chi connectivity index (χ3n) is 3.93. The molecule has 1 amide bonds. The normalized spacial score (nSPS) is 18.0. The highest BCUT2D eigenvalue weighted by Gasteiger charge is 2.34. The molecule has 1 aromatic heterocycles. The minimum absolute atomic E-state index is 0.0906. The Bertz CT molecular complexity index is 817. The zero-order valence-electron chi connectivity index (χ0n) is 13.3. The molecule has 0 bridgehead atoms. The Morgan fingerprint density at radius 3 is 2.46 bits per heavy atom. The van der Waals surface area contributed by atoms with Crippen molar-refractivity contribution in [2.24, 2.45) is 0 Å². The predicted octanol–water partition coefficient (Wildman–Crippen LogP) is 1.82. The zero-order valence-corrected chi connectivity index (χ0v) is 13.3. The number of nitrogens with zero attached hydrogens (tertiary/aromatic N) is 3. The Morgan fingerprint density at radius 1 is 1.19 bits per heavy atom. The van der Waals surface area contributed by atoms with Crippen molar-refractivity contribution >= 4 is 11.9 Å². The summed E-state index contributed by atoms with van der Waals surface area (Å²) in [7, 11) is 0. The summed E-state index contributed by atoms with van der Waals surface area (Å²) in [5, 5.41) is 12.6. The Balaban J connectivity index is 1.79. The molecule has 1 unspecified atom stereocenters. The fraction of sp³-hybridized carbons (Fsp3) is 0.312. The number of morpholine rings is 1. The third-order valence-corrected chi connectivity index (χ3v) is 3.93. The molecule has 0 spiro atoms. The summed E-state index contributed by atoms with van der Waals surface area (Å²) in [5.41, 5.74) is -0.450. The molecule has 3 rings (SSSR count). The molecule has 1 aliphatic heterocycles. The van der Waals surface area contributed by atoms with Gasteiger partial charge < -0.3 is 14.7 Å². The average molecular weight is 369 g/mol. The van der Waals surface area contributed by atoms with Crippen LogP contribution in [0, 0.1) is 0 Å². The maximum Gasteiger partial charge on any atom is 0.435 e. The van der Waals surface area contributed by atoms with E-state index in [1.54, 1.807) is 0 Å². The van der Waals surface area contributed by atoms with E-state index in [2.05, 4.69) is 5.10 Å². The van der Waals surface area contributed by atoms with Crippen LogP contribution >= 0.6 is 0 Å². The summed E-state index contributed by atoms with van der Waals surface area (Å²) < 4.78 is 44.0. The van der Waals surface area contributed by atoms with Crippen molar-refractivity contribution in [1.29, 1.82) is 0 Å². The van der Waals surface area contributed by atoms with Gasteiger partial charge in [0, 0.05) is 18.3 Å². The number of aromatic nitrogens is 2. The number of hydrogen-bond donors (Lipinski definition) is 1. The second-order valence-corrected chi connectivity index (χ2v) is 5.62. The number of alkyl halides is 3. The van der Waals surface area contributed by atoms with E-state index < -0.39 is 29.8 Å². The lowest BCUT2D eigenvalue weighted by Gasteiger charge is -2.32. The molecule has 138 valence electrons. The Kier molecular flexibility index (Phi) is 4.68. The molecule has 1 fully saturated rings. The predicted molar refractivity (Wildman–Crippen MR) is 81.8 cm³/mol. The van der Waals surface area contributed by atoms with Gasteiger partial charge >= 0.3 is 12.1 Å². The summed E-state index contributed by atoms with van der Waals surface area (Å²) in [6, 6.07) is 5.50. The van der Waals surface area contributed by atoms with Crippen LogP contribution in [-0.4, -0.2) is 57.5 Å². The summed E-state index contributed by atoms with van der Waals surface area (Å²) in [6.07, 6.45) is -3.37. The van der Waals surface area contributed by atoms with Gasteiger partial charge in [-0.15, -0.1) is 0 Å². The smallest absolute Gasteiger partial charge is 0.435 e. The van der Waals surface area contributed by atoms with Crippen molar-refractivity contribution in [2.75, 3.05) is 19.8 Å². The first-order chi connectivity index (χ1) is 12.3. The molecule has 0 radical (unpaired) electrons. The number of carbonyl (C=O) groups is 2. The van der Waals surface area contributed by atoms with Crippen molar-refractivity contribution < 1.29 is 32.6 Å². The van der Waals surface area contributed by atoms with Gasteiger partial charge in [0.2, 0.25) is 0 Å². The largest absolute Gasteiger partial charge is 0.480 e. The van der Waals surface area contributed by atoms with Crippen LogP contribution in [-0.2, 0) is 15.7 Å². The lowest BCUT2D eigenvalue weighted by molar-refractivity contribution is -0.147. The van der Waals surface area contributed by atoms with Crippen LogP contribution in [0.2, 0.25) is 0 Å². The van der Waals surface area contributed by atoms with E-state index in [-0.39, 0.29) is 25.3 Å². The highest BCUT2D eigenvalue weighted by Crippen LogP contribution is 2.28. The van der Waals surface area contributed by atoms with Crippen molar-refractivity contribution in [3.8, 4) is 5.69 Å². The van der Waals surface area contributed by atoms with Gasteiger partial charge in [0.05, 0.1) is 18.9 Å². The lowest BCUT2D eigenvalue weighted by atomic mass is 10.1. The molecule has 1 saturated heterocycles. The number of aliphatic carboxylic acids is 1. The first kappa shape index (κ1) is 17.9. The molecule has 7 nitrogen and oxygen atoms in total. The number of carboxylic acids is 1. The minimum atomic E-state index is -4.54. The van der Waals surface area contributed by atoms with Gasteiger partial charge in [-0.3, -0.25) is 4.79 Å². The molecule has 1 N–H and O–H groups in total. The number of amides is 1. The molecule has 1 atom stereocenters. The molecule has 0 aliphatic carbocycles. The topological polar surface area (TPSA) is 84.7 Å². The summed E-state index contributed by atoms with van der Waals surface area (Å²) in [6.45, 7) is 0.291. The molecular formula is C16H14F3N3O4. The summed E-state index contributed by atoms with van der Waals surface area (Å²) in [5.74, 6) is -1.64. The molecule has 0 saturated carbocycles. The maximum atomic E-state index is 12.6. The maximum absolute atomic E-state index is 12.6. The Hall–Kier alpha value is -2.88. The van der Waals surface area contributed by atoms with Crippen molar-refractivity contribution in [3.05, 3.63) is 47.8 Å². The van der Waals surface area contributed by atoms with Crippen LogP contribution in [0.1, 0.15) is 16.1 Å². The third kappa shape index (κ3) is 3.54. The molecule has 2 aromatic rings. The van der Waals surface area contributed by atoms with Crippen LogP contribution in [0.3, 0.4) is 0 Å². The average Bonchev–Trinajstić information content (AvgIpc) is 3.12. The summed E-state index contributed by atoms with van der Waals surface area (Å²) in [4.78, 5) is 25.0. The fourth-order valence-electron chi connectivity index (χ4n) is 2.59. The fourth-order valence-corrected chi connectivity index (χ4v) is 2.59. The zero-order chi connectivity index (χ0) is 18.9. The second kappa shape index (κ2) is 6.79. The molecular weight excluding hydrogens is 355 g/mol. The second-order valence-electron chi connectivity index (χ2n) is 5.62. The first-order valence-corrected chi connectivity index (χ1v) is 7.62. The Labute approximate surface area is 145 Å². The number of benzene rings is 1. The number of hydrogen-bond acceptors (Lipinski definition) is 4. The van der Waals surface area contributed by atoms with E-state index in [0.29, 0.717) is 5.69 Å². The standard InChI is InChI=1S/C16H14F3N3O4/c17-16(18,19)13-5-6-22(20-13)11-3-1-10(2-4-11)14(23)21-7-8-26-9-12(21)15(24)25/h1-6,12H,7-9H2,(H,24,25). The van der Waals surface area contributed by atoms with Crippen LogP contribution in [0.5, 0.6) is 0 Å². The molecule has 1 aliphatic rings. The van der Waals surface area contributed by atoms with E-state index in [1.807, 2.05) is 0 Å². The van der Waals surface area contributed by atoms with Gasteiger partial charge in [-0.1, -0.05) is 0 Å². The molecule has 1 aromatic carbocycles. The number of ether oxygens (including phenoxy) is 1. The lowest BCUT2D eigenvalue weighted by Crippen LogP contribution is -2.52. The summed E-state index contributed by atoms with van der Waals surface area (Å²) >= 11 is 0. The number of carboxylic acid groups (broad SMARTS) is 1. The van der Waals surface area contributed by atoms with Gasteiger partial charge in [-0.2, -0.15) is 18.3 Å². The van der Waals surface area contributed by atoms with Gasteiger partial charge in [0.25, 0.3) is 5.91 Å². The van der Waals surface area contributed by atoms with Gasteiger partial charge in [-0.25, -0.2) is 9.48 Å². The van der Waals surface area contributed by atoms with Crippen LogP contribution < -0.4 is 0 Å².